The second-order valence-corrected chi connectivity index (χ2v) is 5.02. The van der Waals surface area contributed by atoms with Crippen molar-refractivity contribution in [2.75, 3.05) is 0 Å². The molecule has 0 aliphatic heterocycles. The van der Waals surface area contributed by atoms with Crippen molar-refractivity contribution in [3.63, 3.8) is 0 Å². The van der Waals surface area contributed by atoms with E-state index in [9.17, 15) is 10.1 Å². The van der Waals surface area contributed by atoms with Crippen LogP contribution < -0.4 is 5.32 Å². The molecule has 0 spiro atoms. The van der Waals surface area contributed by atoms with Gasteiger partial charge >= 0.3 is 0 Å². The van der Waals surface area contributed by atoms with Gasteiger partial charge in [-0.05, 0) is 30.2 Å². The van der Waals surface area contributed by atoms with Crippen LogP contribution in [0.15, 0.2) is 48.5 Å². The number of benzene rings is 2. The van der Waals surface area contributed by atoms with E-state index in [1.807, 2.05) is 37.3 Å². The summed E-state index contributed by atoms with van der Waals surface area (Å²) >= 11 is 5.96. The predicted molar refractivity (Wildman–Crippen MR) is 79.8 cm³/mol. The number of hydrogen-bond acceptors (Lipinski definition) is 3. The average Bonchev–Trinajstić information content (AvgIpc) is 2.45. The first-order valence-electron chi connectivity index (χ1n) is 6.28. The second kappa shape index (κ2) is 6.50. The minimum atomic E-state index is -0.385. The smallest absolute Gasteiger partial charge is 0.269 e. The fourth-order valence-electron chi connectivity index (χ4n) is 1.94. The van der Waals surface area contributed by atoms with Gasteiger partial charge in [-0.3, -0.25) is 10.1 Å². The number of non-ortho nitro benzene ring substituents is 1. The van der Waals surface area contributed by atoms with E-state index in [0.29, 0.717) is 11.6 Å². The van der Waals surface area contributed by atoms with Crippen molar-refractivity contribution in [2.24, 2.45) is 0 Å². The molecule has 0 saturated heterocycles. The molecule has 0 saturated carbocycles. The zero-order valence-electron chi connectivity index (χ0n) is 11.0. The van der Waals surface area contributed by atoms with Crippen molar-refractivity contribution in [1.29, 1.82) is 0 Å². The van der Waals surface area contributed by atoms with E-state index in [0.717, 1.165) is 11.1 Å². The van der Waals surface area contributed by atoms with Gasteiger partial charge in [0.1, 0.15) is 0 Å². The molecule has 2 rings (SSSR count). The van der Waals surface area contributed by atoms with Crippen molar-refractivity contribution in [3.8, 4) is 0 Å². The summed E-state index contributed by atoms with van der Waals surface area (Å²) in [5, 5.41) is 14.7. The Hall–Kier alpha value is -1.91. The van der Waals surface area contributed by atoms with Crippen LogP contribution in [0.5, 0.6) is 0 Å². The van der Waals surface area contributed by atoms with E-state index >= 15 is 0 Å². The number of hydrogen-bond donors (Lipinski definition) is 1. The van der Waals surface area contributed by atoms with Crippen LogP contribution >= 0.6 is 11.6 Å². The van der Waals surface area contributed by atoms with E-state index in [1.165, 1.54) is 6.07 Å². The first kappa shape index (κ1) is 14.5. The maximum Gasteiger partial charge on any atom is 0.269 e. The number of rotatable bonds is 5. The topological polar surface area (TPSA) is 55.2 Å². The highest BCUT2D eigenvalue weighted by Gasteiger charge is 2.08. The maximum atomic E-state index is 10.7. The highest BCUT2D eigenvalue weighted by Crippen LogP contribution is 2.18. The summed E-state index contributed by atoms with van der Waals surface area (Å²) in [7, 11) is 0. The third kappa shape index (κ3) is 3.79. The summed E-state index contributed by atoms with van der Waals surface area (Å²) in [6, 6.07) is 14.4. The van der Waals surface area contributed by atoms with E-state index in [1.54, 1.807) is 12.1 Å². The van der Waals surface area contributed by atoms with Crippen LogP contribution in [0.3, 0.4) is 0 Å². The van der Waals surface area contributed by atoms with Crippen LogP contribution in [0.25, 0.3) is 0 Å². The Bertz CT molecular complexity index is 616. The quantitative estimate of drug-likeness (QED) is 0.666. The normalized spacial score (nSPS) is 12.1. The molecular weight excluding hydrogens is 276 g/mol. The van der Waals surface area contributed by atoms with Gasteiger partial charge in [-0.25, -0.2) is 0 Å². The number of nitro groups is 1. The molecule has 1 N–H and O–H groups in total. The molecule has 0 heterocycles. The lowest BCUT2D eigenvalue weighted by Gasteiger charge is -2.14. The first-order valence-corrected chi connectivity index (χ1v) is 6.66. The van der Waals surface area contributed by atoms with Gasteiger partial charge in [0, 0.05) is 29.7 Å². The second-order valence-electron chi connectivity index (χ2n) is 4.58. The molecule has 0 bridgehead atoms. The SMILES string of the molecule is CC(NCc1cccc([N+](=O)[O-])c1)c1cccc(Cl)c1. The number of nitrogens with one attached hydrogen (secondary N) is 1. The van der Waals surface area contributed by atoms with Gasteiger partial charge in [-0.1, -0.05) is 35.9 Å². The maximum absolute atomic E-state index is 10.7. The Kier molecular flexibility index (Phi) is 4.71. The van der Waals surface area contributed by atoms with E-state index in [2.05, 4.69) is 5.32 Å². The van der Waals surface area contributed by atoms with Gasteiger partial charge in [-0.15, -0.1) is 0 Å². The molecular formula is C15H15ClN2O2. The third-order valence-electron chi connectivity index (χ3n) is 3.08. The lowest BCUT2D eigenvalue weighted by atomic mass is 10.1. The molecule has 0 aliphatic carbocycles. The van der Waals surface area contributed by atoms with Gasteiger partial charge < -0.3 is 5.32 Å². The Morgan fingerprint density at radius 2 is 2.00 bits per heavy atom. The summed E-state index contributed by atoms with van der Waals surface area (Å²) in [5.74, 6) is 0. The van der Waals surface area contributed by atoms with Crippen molar-refractivity contribution >= 4 is 17.3 Å². The first-order chi connectivity index (χ1) is 9.56. The number of nitrogens with zero attached hydrogens (tertiary/aromatic N) is 1. The largest absolute Gasteiger partial charge is 0.306 e. The van der Waals surface area contributed by atoms with Gasteiger partial charge in [0.05, 0.1) is 4.92 Å². The summed E-state index contributed by atoms with van der Waals surface area (Å²) in [6.07, 6.45) is 0. The summed E-state index contributed by atoms with van der Waals surface area (Å²) in [4.78, 5) is 10.3. The zero-order valence-corrected chi connectivity index (χ0v) is 11.8. The molecule has 0 fully saturated rings. The molecule has 0 aliphatic rings. The van der Waals surface area contributed by atoms with Crippen LogP contribution in [0, 0.1) is 10.1 Å². The molecule has 104 valence electrons. The summed E-state index contributed by atoms with van der Waals surface area (Å²) < 4.78 is 0. The Morgan fingerprint density at radius 3 is 2.70 bits per heavy atom. The Morgan fingerprint density at radius 1 is 1.25 bits per heavy atom. The van der Waals surface area contributed by atoms with E-state index in [-0.39, 0.29) is 16.7 Å². The minimum Gasteiger partial charge on any atom is -0.306 e. The van der Waals surface area contributed by atoms with Crippen LogP contribution in [-0.2, 0) is 6.54 Å². The molecule has 2 aromatic rings. The van der Waals surface area contributed by atoms with Gasteiger partial charge in [0.15, 0.2) is 0 Å². The molecule has 20 heavy (non-hydrogen) atoms. The summed E-state index contributed by atoms with van der Waals surface area (Å²) in [5.41, 5.74) is 2.08. The van der Waals surface area contributed by atoms with E-state index in [4.69, 9.17) is 11.6 Å². The third-order valence-corrected chi connectivity index (χ3v) is 3.32. The van der Waals surface area contributed by atoms with Crippen molar-refractivity contribution in [3.05, 3.63) is 74.8 Å². The minimum absolute atomic E-state index is 0.111. The highest BCUT2D eigenvalue weighted by atomic mass is 35.5. The zero-order chi connectivity index (χ0) is 14.5. The van der Waals surface area contributed by atoms with Crippen LogP contribution in [0.1, 0.15) is 24.1 Å². The van der Waals surface area contributed by atoms with Crippen LogP contribution in [0.4, 0.5) is 5.69 Å². The molecule has 5 heteroatoms. The Labute approximate surface area is 122 Å². The standard InChI is InChI=1S/C15H15ClN2O2/c1-11(13-5-3-6-14(16)9-13)17-10-12-4-2-7-15(8-12)18(19)20/h2-9,11,17H,10H2,1H3. The lowest BCUT2D eigenvalue weighted by Crippen LogP contribution is -2.18. The van der Waals surface area contributed by atoms with Crippen molar-refractivity contribution in [2.45, 2.75) is 19.5 Å². The number of nitro benzene ring substituents is 1. The number of halogens is 1. The molecule has 4 nitrogen and oxygen atoms in total. The molecule has 1 atom stereocenters. The molecule has 0 amide bonds. The predicted octanol–water partition coefficient (Wildman–Crippen LogP) is 4.10. The molecule has 0 aromatic heterocycles. The summed E-state index contributed by atoms with van der Waals surface area (Å²) in [6.45, 7) is 2.60. The average molecular weight is 291 g/mol. The van der Waals surface area contributed by atoms with Crippen LogP contribution in [-0.4, -0.2) is 4.92 Å². The van der Waals surface area contributed by atoms with Crippen molar-refractivity contribution < 1.29 is 4.92 Å². The fourth-order valence-corrected chi connectivity index (χ4v) is 2.14. The highest BCUT2D eigenvalue weighted by molar-refractivity contribution is 6.30. The lowest BCUT2D eigenvalue weighted by molar-refractivity contribution is -0.384. The monoisotopic (exact) mass is 290 g/mol. The molecule has 0 radical (unpaired) electrons. The van der Waals surface area contributed by atoms with Crippen molar-refractivity contribution in [1.82, 2.24) is 5.32 Å². The Balaban J connectivity index is 2.01. The van der Waals surface area contributed by atoms with Gasteiger partial charge in [-0.2, -0.15) is 0 Å². The van der Waals surface area contributed by atoms with E-state index < -0.39 is 0 Å². The van der Waals surface area contributed by atoms with Gasteiger partial charge in [0.25, 0.3) is 5.69 Å². The molecule has 1 unspecified atom stereocenters. The molecule has 2 aromatic carbocycles. The van der Waals surface area contributed by atoms with Crippen LogP contribution in [0.2, 0.25) is 5.02 Å². The van der Waals surface area contributed by atoms with Gasteiger partial charge in [0.2, 0.25) is 0 Å². The fraction of sp³-hybridized carbons (Fsp3) is 0.200.